The summed E-state index contributed by atoms with van der Waals surface area (Å²) in [5, 5.41) is 10.7. The Morgan fingerprint density at radius 1 is 1.08 bits per heavy atom. The second-order valence-corrected chi connectivity index (χ2v) is 8.20. The van der Waals surface area contributed by atoms with E-state index in [1.807, 2.05) is 12.1 Å². The lowest BCUT2D eigenvalue weighted by Gasteiger charge is -2.15. The molecule has 0 saturated heterocycles. The normalized spacial score (nSPS) is 16.9. The van der Waals surface area contributed by atoms with Crippen LogP contribution in [0.15, 0.2) is 71.1 Å². The summed E-state index contributed by atoms with van der Waals surface area (Å²) in [4.78, 5) is 22.8. The number of ketones is 1. The molecule has 0 fully saturated rings. The number of rotatable bonds is 6. The number of nitro groups is 1. The van der Waals surface area contributed by atoms with Gasteiger partial charge in [0.2, 0.25) is 0 Å². The molecule has 0 amide bonds. The van der Waals surface area contributed by atoms with Gasteiger partial charge in [0.25, 0.3) is 5.69 Å². The van der Waals surface area contributed by atoms with Gasteiger partial charge in [0.1, 0.15) is 0 Å². The van der Waals surface area contributed by atoms with Crippen LogP contribution in [0.2, 0.25) is 0 Å². The summed E-state index contributed by atoms with van der Waals surface area (Å²) in [6, 6.07) is 13.6. The molecular weight excluding hydrogens is 354 g/mol. The number of sulfone groups is 1. The molecule has 1 aliphatic rings. The quantitative estimate of drug-likeness (QED) is 0.439. The highest BCUT2D eigenvalue weighted by atomic mass is 32.2. The number of nitro benzene ring substituents is 1. The van der Waals surface area contributed by atoms with Gasteiger partial charge >= 0.3 is 0 Å². The van der Waals surface area contributed by atoms with Crippen molar-refractivity contribution in [3.63, 3.8) is 0 Å². The Balaban J connectivity index is 1.80. The Morgan fingerprint density at radius 3 is 2.35 bits per heavy atom. The first-order chi connectivity index (χ1) is 12.4. The minimum absolute atomic E-state index is 0.0292. The Kier molecular flexibility index (Phi) is 4.99. The van der Waals surface area contributed by atoms with Crippen molar-refractivity contribution in [1.82, 2.24) is 0 Å². The number of Topliss-reactive ketones (excluding diaryl/α,β-unsaturated/α-hetero) is 1. The van der Waals surface area contributed by atoms with E-state index in [-0.39, 0.29) is 28.0 Å². The number of allylic oxidation sites excluding steroid dienone is 2. The van der Waals surface area contributed by atoms with Crippen LogP contribution >= 0.6 is 0 Å². The smallest absolute Gasteiger partial charge is 0.269 e. The molecule has 0 saturated carbocycles. The zero-order valence-electron chi connectivity index (χ0n) is 13.9. The number of nitrogens with zero attached hydrogens (tertiary/aromatic N) is 1. The van der Waals surface area contributed by atoms with E-state index in [2.05, 4.69) is 0 Å². The molecule has 1 aliphatic carbocycles. The summed E-state index contributed by atoms with van der Waals surface area (Å²) in [5.41, 5.74) is 0.907. The molecule has 26 heavy (non-hydrogen) atoms. The summed E-state index contributed by atoms with van der Waals surface area (Å²) in [5.74, 6) is -0.704. The predicted molar refractivity (Wildman–Crippen MR) is 96.7 cm³/mol. The van der Waals surface area contributed by atoms with Crippen LogP contribution in [0.3, 0.4) is 0 Å². The maximum absolute atomic E-state index is 12.7. The zero-order valence-corrected chi connectivity index (χ0v) is 14.7. The summed E-state index contributed by atoms with van der Waals surface area (Å²) in [6.45, 7) is 0. The van der Waals surface area contributed by atoms with Crippen LogP contribution < -0.4 is 0 Å². The van der Waals surface area contributed by atoms with Gasteiger partial charge in [0, 0.05) is 29.2 Å². The lowest BCUT2D eigenvalue weighted by molar-refractivity contribution is -0.384. The highest BCUT2D eigenvalue weighted by Crippen LogP contribution is 2.31. The fraction of sp³-hybridized carbons (Fsp3) is 0.211. The number of carbonyl (C=O) groups is 1. The van der Waals surface area contributed by atoms with Gasteiger partial charge < -0.3 is 0 Å². The summed E-state index contributed by atoms with van der Waals surface area (Å²) in [6.07, 6.45) is 3.07. The second kappa shape index (κ2) is 7.21. The molecule has 1 unspecified atom stereocenters. The van der Waals surface area contributed by atoms with Crippen molar-refractivity contribution in [2.75, 3.05) is 5.75 Å². The number of non-ortho nitro benzene ring substituents is 1. The van der Waals surface area contributed by atoms with E-state index in [4.69, 9.17) is 0 Å². The van der Waals surface area contributed by atoms with E-state index >= 15 is 0 Å². The largest absolute Gasteiger partial charge is 0.289 e. The number of hydrogen-bond donors (Lipinski definition) is 0. The molecule has 0 heterocycles. The highest BCUT2D eigenvalue weighted by Gasteiger charge is 2.30. The van der Waals surface area contributed by atoms with E-state index in [1.54, 1.807) is 24.3 Å². The number of hydrogen-bond acceptors (Lipinski definition) is 5. The number of carbonyl (C=O) groups excluding carboxylic acids is 1. The SMILES string of the molecule is O=C(C1=CCCC1CS(=O)(=O)c1ccc([N+](=O)[O-])cc1)c1ccccc1. The van der Waals surface area contributed by atoms with Gasteiger partial charge in [0.15, 0.2) is 15.6 Å². The molecular formula is C19H17NO5S. The first kappa shape index (κ1) is 18.0. The molecule has 134 valence electrons. The van der Waals surface area contributed by atoms with Crippen LogP contribution in [0.5, 0.6) is 0 Å². The van der Waals surface area contributed by atoms with Crippen molar-refractivity contribution in [3.8, 4) is 0 Å². The Hall–Kier alpha value is -2.80. The van der Waals surface area contributed by atoms with Crippen molar-refractivity contribution in [3.05, 3.63) is 81.9 Å². The van der Waals surface area contributed by atoms with Crippen molar-refractivity contribution >= 4 is 21.3 Å². The fourth-order valence-electron chi connectivity index (χ4n) is 3.11. The molecule has 0 radical (unpaired) electrons. The van der Waals surface area contributed by atoms with Crippen LogP contribution in [0, 0.1) is 16.0 Å². The van der Waals surface area contributed by atoms with E-state index in [9.17, 15) is 23.3 Å². The Morgan fingerprint density at radius 2 is 1.73 bits per heavy atom. The minimum Gasteiger partial charge on any atom is -0.289 e. The summed E-state index contributed by atoms with van der Waals surface area (Å²) < 4.78 is 25.3. The van der Waals surface area contributed by atoms with Gasteiger partial charge in [-0.2, -0.15) is 0 Å². The van der Waals surface area contributed by atoms with Gasteiger partial charge in [-0.1, -0.05) is 36.4 Å². The standard InChI is InChI=1S/C19H17NO5S/c21-19(14-5-2-1-3-6-14)18-8-4-7-15(18)13-26(24,25)17-11-9-16(10-12-17)20(22)23/h1-3,5-6,8-12,15H,4,7,13H2. The molecule has 0 bridgehead atoms. The van der Waals surface area contributed by atoms with Gasteiger partial charge in [-0.15, -0.1) is 0 Å². The molecule has 7 heteroatoms. The minimum atomic E-state index is -3.65. The van der Waals surface area contributed by atoms with Crippen molar-refractivity contribution < 1.29 is 18.1 Å². The van der Waals surface area contributed by atoms with Gasteiger partial charge in [-0.3, -0.25) is 14.9 Å². The molecule has 1 atom stereocenters. The molecule has 3 rings (SSSR count). The first-order valence-corrected chi connectivity index (χ1v) is 9.81. The van der Waals surface area contributed by atoms with Crippen LogP contribution in [0.25, 0.3) is 0 Å². The average Bonchev–Trinajstić information content (AvgIpc) is 3.09. The Labute approximate surface area is 151 Å². The predicted octanol–water partition coefficient (Wildman–Crippen LogP) is 3.59. The second-order valence-electron chi connectivity index (χ2n) is 6.16. The maximum atomic E-state index is 12.7. The van der Waals surface area contributed by atoms with E-state index in [0.717, 1.165) is 0 Å². The molecule has 0 aliphatic heterocycles. The Bertz CT molecular complexity index is 963. The molecule has 0 aromatic heterocycles. The first-order valence-electron chi connectivity index (χ1n) is 8.15. The van der Waals surface area contributed by atoms with E-state index in [1.165, 1.54) is 24.3 Å². The van der Waals surface area contributed by atoms with Gasteiger partial charge in [0.05, 0.1) is 15.6 Å². The fourth-order valence-corrected chi connectivity index (χ4v) is 4.73. The van der Waals surface area contributed by atoms with E-state index in [0.29, 0.717) is 24.0 Å². The molecule has 0 spiro atoms. The van der Waals surface area contributed by atoms with Crippen LogP contribution in [0.1, 0.15) is 23.2 Å². The van der Waals surface area contributed by atoms with E-state index < -0.39 is 14.8 Å². The van der Waals surface area contributed by atoms with Crippen LogP contribution in [-0.2, 0) is 9.84 Å². The maximum Gasteiger partial charge on any atom is 0.269 e. The molecule has 6 nitrogen and oxygen atoms in total. The molecule has 2 aromatic carbocycles. The topological polar surface area (TPSA) is 94.3 Å². The highest BCUT2D eigenvalue weighted by molar-refractivity contribution is 7.91. The third-order valence-electron chi connectivity index (χ3n) is 4.44. The van der Waals surface area contributed by atoms with Crippen molar-refractivity contribution in [2.45, 2.75) is 17.7 Å². The lowest BCUT2D eigenvalue weighted by atomic mass is 9.96. The van der Waals surface area contributed by atoms with Crippen LogP contribution in [-0.4, -0.2) is 24.9 Å². The average molecular weight is 371 g/mol. The number of benzene rings is 2. The van der Waals surface area contributed by atoms with Crippen LogP contribution in [0.4, 0.5) is 5.69 Å². The monoisotopic (exact) mass is 371 g/mol. The van der Waals surface area contributed by atoms with Gasteiger partial charge in [-0.25, -0.2) is 8.42 Å². The van der Waals surface area contributed by atoms with Crippen molar-refractivity contribution in [1.29, 1.82) is 0 Å². The summed E-state index contributed by atoms with van der Waals surface area (Å²) in [7, 11) is -3.65. The lowest BCUT2D eigenvalue weighted by Crippen LogP contribution is -2.20. The third-order valence-corrected chi connectivity index (χ3v) is 6.28. The van der Waals surface area contributed by atoms with Crippen molar-refractivity contribution in [2.24, 2.45) is 5.92 Å². The zero-order chi connectivity index (χ0) is 18.7. The molecule has 2 aromatic rings. The van der Waals surface area contributed by atoms with Gasteiger partial charge in [-0.05, 0) is 25.0 Å². The molecule has 0 N–H and O–H groups in total. The third kappa shape index (κ3) is 3.72. The summed E-state index contributed by atoms with van der Waals surface area (Å²) >= 11 is 0.